The van der Waals surface area contributed by atoms with Crippen LogP contribution in [-0.4, -0.2) is 31.3 Å². The van der Waals surface area contributed by atoms with Crippen molar-refractivity contribution in [3.8, 4) is 17.6 Å². The molecule has 0 spiro atoms. The Morgan fingerprint density at radius 2 is 2.20 bits per heavy atom. The molecule has 0 saturated carbocycles. The molecule has 0 aliphatic heterocycles. The van der Waals surface area contributed by atoms with Gasteiger partial charge in [0.2, 0.25) is 0 Å². The van der Waals surface area contributed by atoms with Gasteiger partial charge in [-0.2, -0.15) is 0 Å². The summed E-state index contributed by atoms with van der Waals surface area (Å²) >= 11 is 0. The molecule has 0 aromatic heterocycles. The minimum atomic E-state index is -0.228. The lowest BCUT2D eigenvalue weighted by Crippen LogP contribution is -2.25. The number of amides is 1. The molecule has 4 heteroatoms. The third-order valence-electron chi connectivity index (χ3n) is 2.77. The Kier molecular flexibility index (Phi) is 6.61. The van der Waals surface area contributed by atoms with Gasteiger partial charge >= 0.3 is 0 Å². The summed E-state index contributed by atoms with van der Waals surface area (Å²) < 4.78 is 5.17. The first-order chi connectivity index (χ1) is 9.58. The largest absolute Gasteiger partial charge is 0.495 e. The summed E-state index contributed by atoms with van der Waals surface area (Å²) in [6.45, 7) is 4.65. The predicted molar refractivity (Wildman–Crippen MR) is 78.7 cm³/mol. The Morgan fingerprint density at radius 3 is 2.80 bits per heavy atom. The zero-order valence-electron chi connectivity index (χ0n) is 12.2. The second-order valence-electron chi connectivity index (χ2n) is 4.81. The molecule has 0 bridgehead atoms. The fraction of sp³-hybridized carbons (Fsp3) is 0.438. The Hall–Kier alpha value is -1.99. The van der Waals surface area contributed by atoms with Crippen LogP contribution in [0.25, 0.3) is 0 Å². The molecule has 4 nitrogen and oxygen atoms in total. The van der Waals surface area contributed by atoms with E-state index in [1.54, 1.807) is 25.3 Å². The Balaban J connectivity index is 2.82. The summed E-state index contributed by atoms with van der Waals surface area (Å²) in [5.74, 6) is 6.35. The van der Waals surface area contributed by atoms with Crippen LogP contribution in [0.15, 0.2) is 18.2 Å². The maximum Gasteiger partial charge on any atom is 0.251 e. The zero-order chi connectivity index (χ0) is 15.0. The molecule has 108 valence electrons. The molecule has 1 aromatic carbocycles. The fourth-order valence-electron chi connectivity index (χ4n) is 1.66. The van der Waals surface area contributed by atoms with Gasteiger partial charge in [-0.3, -0.25) is 4.79 Å². The van der Waals surface area contributed by atoms with Crippen LogP contribution >= 0.6 is 0 Å². The van der Waals surface area contributed by atoms with Crippen LogP contribution in [0, 0.1) is 17.8 Å². The number of carbonyl (C=O) groups excluding carboxylic acids is 1. The molecule has 1 amide bonds. The van der Waals surface area contributed by atoms with E-state index in [-0.39, 0.29) is 12.5 Å². The van der Waals surface area contributed by atoms with E-state index in [9.17, 15) is 4.79 Å². The van der Waals surface area contributed by atoms with Crippen LogP contribution < -0.4 is 10.1 Å². The quantitative estimate of drug-likeness (QED) is 0.806. The molecule has 0 aliphatic carbocycles. The lowest BCUT2D eigenvalue weighted by Gasteiger charge is -2.09. The first-order valence-corrected chi connectivity index (χ1v) is 6.64. The number of hydrogen-bond donors (Lipinski definition) is 2. The molecule has 0 unspecified atom stereocenters. The lowest BCUT2D eigenvalue weighted by atomic mass is 10.1. The fourth-order valence-corrected chi connectivity index (χ4v) is 1.66. The number of nitrogens with one attached hydrogen (secondary N) is 1. The number of benzene rings is 1. The van der Waals surface area contributed by atoms with Crippen molar-refractivity contribution in [2.45, 2.75) is 20.3 Å². The molecule has 1 aromatic rings. The Labute approximate surface area is 120 Å². The maximum atomic E-state index is 12.0. The number of hydrogen-bond acceptors (Lipinski definition) is 3. The summed E-state index contributed by atoms with van der Waals surface area (Å²) in [6.07, 6.45) is 0.944. The topological polar surface area (TPSA) is 58.6 Å². The van der Waals surface area contributed by atoms with E-state index in [2.05, 4.69) is 31.0 Å². The van der Waals surface area contributed by atoms with Crippen molar-refractivity contribution in [1.82, 2.24) is 5.32 Å². The van der Waals surface area contributed by atoms with Gasteiger partial charge in [0.15, 0.2) is 0 Å². The highest BCUT2D eigenvalue weighted by Gasteiger charge is 2.09. The van der Waals surface area contributed by atoms with Gasteiger partial charge < -0.3 is 15.2 Å². The second kappa shape index (κ2) is 8.23. The lowest BCUT2D eigenvalue weighted by molar-refractivity contribution is 0.0952. The Bertz CT molecular complexity index is 512. The third-order valence-corrected chi connectivity index (χ3v) is 2.77. The number of aliphatic hydroxyl groups is 1. The summed E-state index contributed by atoms with van der Waals surface area (Å²) in [5.41, 5.74) is 1.13. The predicted octanol–water partition coefficient (Wildman–Crippen LogP) is 1.81. The standard InChI is InChI=1S/C16H21NO3/c1-12(2)8-9-17-16(19)14-6-7-15(20-3)13(11-14)5-4-10-18/h6-7,11-12,18H,8-10H2,1-3H3,(H,17,19). The van der Waals surface area contributed by atoms with Crippen LogP contribution in [0.1, 0.15) is 36.2 Å². The van der Waals surface area contributed by atoms with Crippen molar-refractivity contribution in [1.29, 1.82) is 0 Å². The molecule has 0 radical (unpaired) electrons. The number of carbonyl (C=O) groups is 1. The first kappa shape index (κ1) is 16.1. The first-order valence-electron chi connectivity index (χ1n) is 6.64. The highest BCUT2D eigenvalue weighted by atomic mass is 16.5. The van der Waals surface area contributed by atoms with Gasteiger partial charge in [0.05, 0.1) is 12.7 Å². The molecule has 1 rings (SSSR count). The smallest absolute Gasteiger partial charge is 0.251 e. The molecule has 20 heavy (non-hydrogen) atoms. The van der Waals surface area contributed by atoms with Crippen molar-refractivity contribution >= 4 is 5.91 Å². The number of aliphatic hydroxyl groups excluding tert-OH is 1. The van der Waals surface area contributed by atoms with Gasteiger partial charge in [0.1, 0.15) is 12.4 Å². The monoisotopic (exact) mass is 275 g/mol. The summed E-state index contributed by atoms with van der Waals surface area (Å²) in [4.78, 5) is 12.0. The second-order valence-corrected chi connectivity index (χ2v) is 4.81. The van der Waals surface area contributed by atoms with Crippen molar-refractivity contribution in [2.24, 2.45) is 5.92 Å². The number of ether oxygens (including phenoxy) is 1. The van der Waals surface area contributed by atoms with Crippen LogP contribution in [0.3, 0.4) is 0 Å². The van der Waals surface area contributed by atoms with Gasteiger partial charge in [-0.15, -0.1) is 0 Å². The minimum Gasteiger partial charge on any atom is -0.495 e. The van der Waals surface area contributed by atoms with E-state index in [1.165, 1.54) is 0 Å². The van der Waals surface area contributed by atoms with Crippen molar-refractivity contribution in [3.63, 3.8) is 0 Å². The molecule has 2 N–H and O–H groups in total. The van der Waals surface area contributed by atoms with Gasteiger partial charge in [0.25, 0.3) is 5.91 Å². The third kappa shape index (κ3) is 4.94. The minimum absolute atomic E-state index is 0.125. The molecular weight excluding hydrogens is 254 g/mol. The van der Waals surface area contributed by atoms with Crippen LogP contribution in [0.5, 0.6) is 5.75 Å². The highest BCUT2D eigenvalue weighted by Crippen LogP contribution is 2.18. The molecule has 0 aliphatic rings. The van der Waals surface area contributed by atoms with Crippen LogP contribution in [0.2, 0.25) is 0 Å². The Morgan fingerprint density at radius 1 is 1.45 bits per heavy atom. The molecular formula is C16H21NO3. The molecule has 0 atom stereocenters. The maximum absolute atomic E-state index is 12.0. The van der Waals surface area contributed by atoms with E-state index < -0.39 is 0 Å². The molecule has 0 saturated heterocycles. The van der Waals surface area contributed by atoms with E-state index in [0.29, 0.717) is 29.3 Å². The summed E-state index contributed by atoms with van der Waals surface area (Å²) in [7, 11) is 1.54. The zero-order valence-corrected chi connectivity index (χ0v) is 12.2. The van der Waals surface area contributed by atoms with Gasteiger partial charge in [-0.1, -0.05) is 25.7 Å². The molecule has 0 heterocycles. The van der Waals surface area contributed by atoms with Crippen molar-refractivity contribution in [2.75, 3.05) is 20.3 Å². The van der Waals surface area contributed by atoms with Gasteiger partial charge in [0, 0.05) is 12.1 Å². The van der Waals surface area contributed by atoms with E-state index in [1.807, 2.05) is 0 Å². The van der Waals surface area contributed by atoms with E-state index in [4.69, 9.17) is 9.84 Å². The summed E-state index contributed by atoms with van der Waals surface area (Å²) in [6, 6.07) is 5.08. The van der Waals surface area contributed by atoms with Crippen molar-refractivity contribution in [3.05, 3.63) is 29.3 Å². The number of rotatable bonds is 5. The molecule has 0 fully saturated rings. The van der Waals surface area contributed by atoms with Gasteiger partial charge in [-0.25, -0.2) is 0 Å². The van der Waals surface area contributed by atoms with Gasteiger partial charge in [-0.05, 0) is 30.5 Å². The van der Waals surface area contributed by atoms with Crippen LogP contribution in [0.4, 0.5) is 0 Å². The highest BCUT2D eigenvalue weighted by molar-refractivity contribution is 5.94. The number of methoxy groups -OCH3 is 1. The average molecular weight is 275 g/mol. The van der Waals surface area contributed by atoms with Crippen molar-refractivity contribution < 1.29 is 14.6 Å². The van der Waals surface area contributed by atoms with E-state index in [0.717, 1.165) is 6.42 Å². The average Bonchev–Trinajstić information content (AvgIpc) is 2.44. The summed E-state index contributed by atoms with van der Waals surface area (Å²) in [5, 5.41) is 11.6. The van der Waals surface area contributed by atoms with Crippen LogP contribution in [-0.2, 0) is 0 Å². The normalized spacial score (nSPS) is 9.85. The van der Waals surface area contributed by atoms with E-state index >= 15 is 0 Å². The SMILES string of the molecule is COc1ccc(C(=O)NCCC(C)C)cc1C#CCO.